The zero-order chi connectivity index (χ0) is 20.4. The summed E-state index contributed by atoms with van der Waals surface area (Å²) in [5.74, 6) is 0.467. The summed E-state index contributed by atoms with van der Waals surface area (Å²) in [5.41, 5.74) is 1.93. The van der Waals surface area contributed by atoms with Crippen LogP contribution in [0.4, 0.5) is 4.79 Å². The van der Waals surface area contributed by atoms with E-state index in [0.29, 0.717) is 9.93 Å². The minimum Gasteiger partial charge on any atom is -0.497 e. The topological polar surface area (TPSA) is 46.6 Å². The van der Waals surface area contributed by atoms with E-state index in [2.05, 4.69) is 0 Å². The molecule has 0 spiro atoms. The molecule has 0 saturated carbocycles. The zero-order valence-corrected chi connectivity index (χ0v) is 17.8. The van der Waals surface area contributed by atoms with Crippen LogP contribution in [0.5, 0.6) is 5.75 Å². The van der Waals surface area contributed by atoms with Crippen LogP contribution in [0, 0.1) is 0 Å². The van der Waals surface area contributed by atoms with Crippen LogP contribution in [-0.4, -0.2) is 23.2 Å². The van der Waals surface area contributed by atoms with Crippen LogP contribution < -0.4 is 4.74 Å². The van der Waals surface area contributed by atoms with E-state index in [1.807, 2.05) is 60.7 Å². The summed E-state index contributed by atoms with van der Waals surface area (Å²) >= 11 is 8.48. The van der Waals surface area contributed by atoms with E-state index >= 15 is 0 Å². The third-order valence-electron chi connectivity index (χ3n) is 4.40. The number of imide groups is 1. The van der Waals surface area contributed by atoms with Crippen LogP contribution in [-0.2, 0) is 11.3 Å². The van der Waals surface area contributed by atoms with E-state index in [-0.39, 0.29) is 17.7 Å². The van der Waals surface area contributed by atoms with E-state index in [1.54, 1.807) is 24.5 Å². The molecule has 0 N–H and O–H groups in total. The molecule has 2 amide bonds. The number of amides is 2. The number of ether oxygens (including phenoxy) is 1. The number of hydrogen-bond donors (Lipinski definition) is 0. The molecule has 1 aliphatic rings. The van der Waals surface area contributed by atoms with Crippen molar-refractivity contribution in [1.82, 2.24) is 4.90 Å². The largest absolute Gasteiger partial charge is 0.497 e. The molecule has 0 unspecified atom stereocenters. The fraction of sp³-hybridized carbons (Fsp3) is 0.0909. The van der Waals surface area contributed by atoms with Gasteiger partial charge in [0, 0.05) is 14.8 Å². The van der Waals surface area contributed by atoms with Gasteiger partial charge >= 0.3 is 0 Å². The Morgan fingerprint density at radius 3 is 2.41 bits per heavy atom. The highest BCUT2D eigenvalue weighted by atomic mass is 35.5. The first-order chi connectivity index (χ1) is 14.0. The first-order valence-electron chi connectivity index (χ1n) is 8.77. The minimum atomic E-state index is -0.266. The highest BCUT2D eigenvalue weighted by Gasteiger charge is 2.35. The van der Waals surface area contributed by atoms with Gasteiger partial charge in [-0.3, -0.25) is 14.5 Å². The summed E-state index contributed by atoms with van der Waals surface area (Å²) in [6, 6.07) is 18.9. The van der Waals surface area contributed by atoms with E-state index in [0.717, 1.165) is 38.4 Å². The van der Waals surface area contributed by atoms with Crippen molar-refractivity contribution in [2.45, 2.75) is 6.54 Å². The predicted octanol–water partition coefficient (Wildman–Crippen LogP) is 6.31. The second kappa shape index (κ2) is 8.45. The molecular formula is C22H16ClNO3S2. The standard InChI is InChI=1S/C22H16ClNO3S2/c1-27-17-8-2-14(3-9-17)13-24-21(25)20(29-22(24)26)12-18-10-11-19(28-18)15-4-6-16(23)7-5-15/h2-12H,13H2,1H3/b20-12-. The number of methoxy groups -OCH3 is 1. The predicted molar refractivity (Wildman–Crippen MR) is 119 cm³/mol. The van der Waals surface area contributed by atoms with Crippen molar-refractivity contribution in [3.63, 3.8) is 0 Å². The molecule has 1 aliphatic heterocycles. The molecule has 4 nitrogen and oxygen atoms in total. The number of carbonyl (C=O) groups is 2. The molecule has 0 radical (unpaired) electrons. The van der Waals surface area contributed by atoms with Gasteiger partial charge in [-0.1, -0.05) is 35.9 Å². The molecule has 0 bridgehead atoms. The van der Waals surface area contributed by atoms with Crippen LogP contribution in [0.1, 0.15) is 10.4 Å². The average molecular weight is 442 g/mol. The van der Waals surface area contributed by atoms with Crippen LogP contribution in [0.25, 0.3) is 16.5 Å². The summed E-state index contributed by atoms with van der Waals surface area (Å²) < 4.78 is 5.14. The lowest BCUT2D eigenvalue weighted by Crippen LogP contribution is -2.27. The maximum absolute atomic E-state index is 12.7. The van der Waals surface area contributed by atoms with Gasteiger partial charge in [-0.25, -0.2) is 0 Å². The molecule has 1 saturated heterocycles. The van der Waals surface area contributed by atoms with Crippen molar-refractivity contribution < 1.29 is 14.3 Å². The Bertz CT molecular complexity index is 1090. The number of carbonyl (C=O) groups excluding carboxylic acids is 2. The summed E-state index contributed by atoms with van der Waals surface area (Å²) in [6.45, 7) is 0.243. The molecule has 7 heteroatoms. The Hall–Kier alpha value is -2.54. The summed E-state index contributed by atoms with van der Waals surface area (Å²) in [5, 5.41) is 0.433. The summed E-state index contributed by atoms with van der Waals surface area (Å²) in [7, 11) is 1.60. The van der Waals surface area contributed by atoms with E-state index in [4.69, 9.17) is 16.3 Å². The maximum Gasteiger partial charge on any atom is 0.293 e. The summed E-state index contributed by atoms with van der Waals surface area (Å²) in [6.07, 6.45) is 1.78. The first-order valence-corrected chi connectivity index (χ1v) is 10.8. The van der Waals surface area contributed by atoms with Gasteiger partial charge in [0.05, 0.1) is 18.6 Å². The lowest BCUT2D eigenvalue weighted by atomic mass is 10.2. The van der Waals surface area contributed by atoms with Gasteiger partial charge in [0.25, 0.3) is 11.1 Å². The van der Waals surface area contributed by atoms with Crippen molar-refractivity contribution in [1.29, 1.82) is 0 Å². The third kappa shape index (κ3) is 4.40. The number of halogens is 1. The van der Waals surface area contributed by atoms with Gasteiger partial charge in [-0.05, 0) is 65.4 Å². The number of hydrogen-bond acceptors (Lipinski definition) is 5. The Morgan fingerprint density at radius 2 is 1.72 bits per heavy atom. The average Bonchev–Trinajstić information content (AvgIpc) is 3.29. The highest BCUT2D eigenvalue weighted by Crippen LogP contribution is 2.36. The van der Waals surface area contributed by atoms with E-state index in [1.165, 1.54) is 4.90 Å². The second-order valence-corrected chi connectivity index (χ2v) is 8.87. The molecule has 1 fully saturated rings. The van der Waals surface area contributed by atoms with Crippen molar-refractivity contribution >= 4 is 51.9 Å². The van der Waals surface area contributed by atoms with Gasteiger partial charge in [-0.15, -0.1) is 11.3 Å². The molecular weight excluding hydrogens is 426 g/mol. The van der Waals surface area contributed by atoms with Crippen LogP contribution in [0.15, 0.2) is 65.6 Å². The molecule has 1 aromatic heterocycles. The smallest absolute Gasteiger partial charge is 0.293 e. The lowest BCUT2D eigenvalue weighted by molar-refractivity contribution is -0.123. The minimum absolute atomic E-state index is 0.243. The van der Waals surface area contributed by atoms with Gasteiger partial charge < -0.3 is 4.74 Å². The normalized spacial score (nSPS) is 15.4. The molecule has 29 heavy (non-hydrogen) atoms. The van der Waals surface area contributed by atoms with E-state index in [9.17, 15) is 9.59 Å². The van der Waals surface area contributed by atoms with Gasteiger partial charge in [-0.2, -0.15) is 0 Å². The molecule has 2 aromatic carbocycles. The number of benzene rings is 2. The van der Waals surface area contributed by atoms with Crippen molar-refractivity contribution in [3.05, 3.63) is 81.0 Å². The monoisotopic (exact) mass is 441 g/mol. The van der Waals surface area contributed by atoms with Gasteiger partial charge in [0.1, 0.15) is 5.75 Å². The number of thioether (sulfide) groups is 1. The van der Waals surface area contributed by atoms with Crippen molar-refractivity contribution in [2.24, 2.45) is 0 Å². The fourth-order valence-electron chi connectivity index (χ4n) is 2.88. The van der Waals surface area contributed by atoms with Crippen LogP contribution in [0.3, 0.4) is 0 Å². The molecule has 4 rings (SSSR count). The molecule has 146 valence electrons. The maximum atomic E-state index is 12.7. The fourth-order valence-corrected chi connectivity index (χ4v) is 4.87. The van der Waals surface area contributed by atoms with Crippen molar-refractivity contribution in [2.75, 3.05) is 7.11 Å². The number of nitrogens with zero attached hydrogens (tertiary/aromatic N) is 1. The third-order valence-corrected chi connectivity index (χ3v) is 6.64. The van der Waals surface area contributed by atoms with Crippen LogP contribution >= 0.6 is 34.7 Å². The number of rotatable bonds is 5. The van der Waals surface area contributed by atoms with Gasteiger partial charge in [0.2, 0.25) is 0 Å². The zero-order valence-electron chi connectivity index (χ0n) is 15.4. The van der Waals surface area contributed by atoms with E-state index < -0.39 is 0 Å². The second-order valence-electron chi connectivity index (χ2n) is 6.32. The SMILES string of the molecule is COc1ccc(CN2C(=O)S/C(=C\c3ccc(-c4ccc(Cl)cc4)s3)C2=O)cc1. The molecule has 2 heterocycles. The lowest BCUT2D eigenvalue weighted by Gasteiger charge is -2.12. The quantitative estimate of drug-likeness (QED) is 0.435. The Morgan fingerprint density at radius 1 is 1.00 bits per heavy atom. The highest BCUT2D eigenvalue weighted by molar-refractivity contribution is 8.18. The Kier molecular flexibility index (Phi) is 5.76. The first kappa shape index (κ1) is 19.8. The molecule has 0 atom stereocenters. The molecule has 0 aliphatic carbocycles. The molecule has 3 aromatic rings. The van der Waals surface area contributed by atoms with Crippen LogP contribution in [0.2, 0.25) is 5.02 Å². The number of thiophene rings is 1. The van der Waals surface area contributed by atoms with Gasteiger partial charge in [0.15, 0.2) is 0 Å². The Balaban J connectivity index is 1.50. The van der Waals surface area contributed by atoms with Crippen molar-refractivity contribution in [3.8, 4) is 16.2 Å². The summed E-state index contributed by atoms with van der Waals surface area (Å²) in [4.78, 5) is 28.8. The Labute approximate surface area is 181 Å².